The number of hydrogen-bond donors (Lipinski definition) is 0. The molecule has 0 N–H and O–H groups in total. The lowest BCUT2D eigenvalue weighted by molar-refractivity contribution is -0.130. The van der Waals surface area contributed by atoms with Crippen LogP contribution < -0.4 is 0 Å². The van der Waals surface area contributed by atoms with Crippen LogP contribution in [-0.2, 0) is 11.2 Å². The van der Waals surface area contributed by atoms with E-state index in [9.17, 15) is 9.18 Å². The van der Waals surface area contributed by atoms with Crippen molar-refractivity contribution >= 4 is 17.2 Å². The molecule has 0 atom stereocenters. The van der Waals surface area contributed by atoms with E-state index in [1.807, 2.05) is 30.7 Å². The maximum Gasteiger partial charge on any atom is 0.228 e. The number of carbonyl (C=O) groups excluding carboxylic acids is 1. The molecule has 2 aromatic heterocycles. The third-order valence-electron chi connectivity index (χ3n) is 4.01. The molecule has 130 valence electrons. The Morgan fingerprint density at radius 2 is 1.88 bits per heavy atom. The third-order valence-corrected chi connectivity index (χ3v) is 4.69. The summed E-state index contributed by atoms with van der Waals surface area (Å²) in [6, 6.07) is 7.91. The van der Waals surface area contributed by atoms with Gasteiger partial charge in [0.05, 0.1) is 12.1 Å². The molecule has 0 aliphatic carbocycles. The van der Waals surface area contributed by atoms with Gasteiger partial charge in [0.15, 0.2) is 5.76 Å². The summed E-state index contributed by atoms with van der Waals surface area (Å²) < 4.78 is 19.1. The Balaban J connectivity index is 1.98. The molecule has 0 unspecified atom stereocenters. The standard InChI is InChI=1S/C19H19FN2O2S/c1-3-22(4-2)17(23)11-16-18(14-9-10-25-12-14)24-19(21-16)13-5-7-15(20)8-6-13/h5-10,12H,3-4,11H2,1-2H3. The fraction of sp³-hybridized carbons (Fsp3) is 0.263. The van der Waals surface area contributed by atoms with Crippen LogP contribution in [0.4, 0.5) is 4.39 Å². The number of thiophene rings is 1. The molecule has 1 aromatic carbocycles. The molecular weight excluding hydrogens is 339 g/mol. The van der Waals surface area contributed by atoms with Crippen LogP contribution in [0, 0.1) is 5.82 Å². The number of hydrogen-bond acceptors (Lipinski definition) is 4. The molecule has 1 amide bonds. The van der Waals surface area contributed by atoms with E-state index in [0.717, 1.165) is 5.56 Å². The number of benzene rings is 1. The van der Waals surface area contributed by atoms with Crippen molar-refractivity contribution in [3.05, 3.63) is 52.6 Å². The summed E-state index contributed by atoms with van der Waals surface area (Å²) in [6.07, 6.45) is 0.178. The molecule has 6 heteroatoms. The van der Waals surface area contributed by atoms with E-state index in [-0.39, 0.29) is 18.1 Å². The first-order valence-corrected chi connectivity index (χ1v) is 9.12. The third kappa shape index (κ3) is 3.79. The Labute approximate surface area is 149 Å². The van der Waals surface area contributed by atoms with E-state index in [4.69, 9.17) is 4.42 Å². The van der Waals surface area contributed by atoms with Crippen molar-refractivity contribution in [2.24, 2.45) is 0 Å². The molecule has 4 nitrogen and oxygen atoms in total. The van der Waals surface area contributed by atoms with Crippen LogP contribution in [0.25, 0.3) is 22.8 Å². The van der Waals surface area contributed by atoms with Crippen LogP contribution >= 0.6 is 11.3 Å². The minimum absolute atomic E-state index is 0.0143. The molecule has 0 saturated carbocycles. The zero-order chi connectivity index (χ0) is 17.8. The number of amides is 1. The van der Waals surface area contributed by atoms with Crippen molar-refractivity contribution < 1.29 is 13.6 Å². The average molecular weight is 358 g/mol. The number of oxazole rings is 1. The lowest BCUT2D eigenvalue weighted by Crippen LogP contribution is -2.31. The van der Waals surface area contributed by atoms with Crippen LogP contribution in [0.15, 0.2) is 45.5 Å². The average Bonchev–Trinajstić information content (AvgIpc) is 3.26. The molecule has 25 heavy (non-hydrogen) atoms. The predicted octanol–water partition coefficient (Wildman–Crippen LogP) is 4.62. The monoisotopic (exact) mass is 358 g/mol. The molecule has 3 rings (SSSR count). The van der Waals surface area contributed by atoms with Crippen LogP contribution in [0.2, 0.25) is 0 Å². The quantitative estimate of drug-likeness (QED) is 0.646. The maximum atomic E-state index is 13.1. The molecule has 3 aromatic rings. The summed E-state index contributed by atoms with van der Waals surface area (Å²) in [7, 11) is 0. The van der Waals surface area contributed by atoms with Gasteiger partial charge in [0, 0.05) is 29.6 Å². The Kier molecular flexibility index (Phi) is 5.28. The van der Waals surface area contributed by atoms with Gasteiger partial charge in [0.1, 0.15) is 5.82 Å². The summed E-state index contributed by atoms with van der Waals surface area (Å²) >= 11 is 1.55. The highest BCUT2D eigenvalue weighted by Crippen LogP contribution is 2.31. The molecule has 0 aliphatic rings. The van der Waals surface area contributed by atoms with Gasteiger partial charge in [-0.25, -0.2) is 9.37 Å². The van der Waals surface area contributed by atoms with Gasteiger partial charge in [-0.3, -0.25) is 4.79 Å². The molecule has 2 heterocycles. The molecule has 0 fully saturated rings. The smallest absolute Gasteiger partial charge is 0.228 e. The van der Waals surface area contributed by atoms with E-state index in [2.05, 4.69) is 4.98 Å². The lowest BCUT2D eigenvalue weighted by Gasteiger charge is -2.17. The van der Waals surface area contributed by atoms with Crippen molar-refractivity contribution in [1.29, 1.82) is 0 Å². The summed E-state index contributed by atoms with van der Waals surface area (Å²) in [5, 5.41) is 3.91. The molecule has 0 radical (unpaired) electrons. The van der Waals surface area contributed by atoms with E-state index >= 15 is 0 Å². The lowest BCUT2D eigenvalue weighted by atomic mass is 10.1. The van der Waals surface area contributed by atoms with Crippen molar-refractivity contribution in [3.63, 3.8) is 0 Å². The molecule has 0 aliphatic heterocycles. The van der Waals surface area contributed by atoms with Crippen molar-refractivity contribution in [1.82, 2.24) is 9.88 Å². The number of carbonyl (C=O) groups is 1. The van der Waals surface area contributed by atoms with Gasteiger partial charge in [0.2, 0.25) is 11.8 Å². The molecule has 0 spiro atoms. The summed E-state index contributed by atoms with van der Waals surface area (Å²) in [4.78, 5) is 18.8. The Hall–Kier alpha value is -2.47. The van der Waals surface area contributed by atoms with Gasteiger partial charge in [-0.2, -0.15) is 11.3 Å². The van der Waals surface area contributed by atoms with Crippen molar-refractivity contribution in [3.8, 4) is 22.8 Å². The second-order valence-corrected chi connectivity index (χ2v) is 6.34. The van der Waals surface area contributed by atoms with Crippen molar-refractivity contribution in [2.45, 2.75) is 20.3 Å². The van der Waals surface area contributed by atoms with Gasteiger partial charge in [0.25, 0.3) is 0 Å². The van der Waals surface area contributed by atoms with Gasteiger partial charge in [-0.15, -0.1) is 0 Å². The topological polar surface area (TPSA) is 46.3 Å². The van der Waals surface area contributed by atoms with Crippen LogP contribution in [0.1, 0.15) is 19.5 Å². The van der Waals surface area contributed by atoms with Crippen LogP contribution in [0.3, 0.4) is 0 Å². The minimum Gasteiger partial charge on any atom is -0.436 e. The maximum absolute atomic E-state index is 13.1. The summed E-state index contributed by atoms with van der Waals surface area (Å²) in [5.41, 5.74) is 2.18. The summed E-state index contributed by atoms with van der Waals surface area (Å²) in [5.74, 6) is 0.690. The fourth-order valence-corrected chi connectivity index (χ4v) is 3.27. The van der Waals surface area contributed by atoms with Crippen LogP contribution in [0.5, 0.6) is 0 Å². The van der Waals surface area contributed by atoms with Gasteiger partial charge in [-0.05, 0) is 49.6 Å². The second-order valence-electron chi connectivity index (χ2n) is 5.56. The Morgan fingerprint density at radius 1 is 1.16 bits per heavy atom. The number of halogens is 1. The number of aromatic nitrogens is 1. The predicted molar refractivity (Wildman–Crippen MR) is 96.8 cm³/mol. The SMILES string of the molecule is CCN(CC)C(=O)Cc1nc(-c2ccc(F)cc2)oc1-c1ccsc1. The minimum atomic E-state index is -0.315. The van der Waals surface area contributed by atoms with E-state index in [1.165, 1.54) is 12.1 Å². The zero-order valence-electron chi connectivity index (χ0n) is 14.2. The number of nitrogens with zero attached hydrogens (tertiary/aromatic N) is 2. The first-order chi connectivity index (χ1) is 12.1. The summed E-state index contributed by atoms with van der Waals surface area (Å²) in [6.45, 7) is 5.22. The number of likely N-dealkylation sites (N-methyl/N-ethyl adjacent to an activating group) is 1. The molecular formula is C19H19FN2O2S. The Morgan fingerprint density at radius 3 is 2.48 bits per heavy atom. The first-order valence-electron chi connectivity index (χ1n) is 8.18. The largest absolute Gasteiger partial charge is 0.436 e. The van der Waals surface area contributed by atoms with Gasteiger partial charge < -0.3 is 9.32 Å². The second kappa shape index (κ2) is 7.61. The van der Waals surface area contributed by atoms with Gasteiger partial charge >= 0.3 is 0 Å². The highest BCUT2D eigenvalue weighted by atomic mass is 32.1. The van der Waals surface area contributed by atoms with E-state index < -0.39 is 0 Å². The number of rotatable bonds is 6. The normalized spacial score (nSPS) is 10.8. The van der Waals surface area contributed by atoms with Crippen molar-refractivity contribution in [2.75, 3.05) is 13.1 Å². The van der Waals surface area contributed by atoms with E-state index in [0.29, 0.717) is 36.0 Å². The van der Waals surface area contributed by atoms with E-state index in [1.54, 1.807) is 28.4 Å². The molecule has 0 saturated heterocycles. The highest BCUT2D eigenvalue weighted by molar-refractivity contribution is 7.08. The Bertz CT molecular complexity index is 837. The van der Waals surface area contributed by atoms with Gasteiger partial charge in [-0.1, -0.05) is 0 Å². The first kappa shape index (κ1) is 17.4. The highest BCUT2D eigenvalue weighted by Gasteiger charge is 2.21. The molecule has 0 bridgehead atoms. The zero-order valence-corrected chi connectivity index (χ0v) is 15.0. The fourth-order valence-electron chi connectivity index (χ4n) is 2.64. The van der Waals surface area contributed by atoms with Crippen LogP contribution in [-0.4, -0.2) is 28.9 Å².